The minimum absolute atomic E-state index is 0.871. The van der Waals surface area contributed by atoms with E-state index in [0.717, 1.165) is 77.6 Å². The van der Waals surface area contributed by atoms with E-state index in [9.17, 15) is 0 Å². The summed E-state index contributed by atoms with van der Waals surface area (Å²) in [4.78, 5) is 2.36. The first-order valence-electron chi connectivity index (χ1n) is 18.7. The zero-order valence-electron chi connectivity index (χ0n) is 29.8. The number of hydrogen-bond acceptors (Lipinski definition) is 3. The molecule has 0 bridgehead atoms. The quantitative estimate of drug-likeness (QED) is 0.173. The lowest BCUT2D eigenvalue weighted by Gasteiger charge is -2.28. The molecule has 2 aromatic heterocycles. The van der Waals surface area contributed by atoms with Gasteiger partial charge in [-0.25, -0.2) is 0 Å². The van der Waals surface area contributed by atoms with E-state index in [1.54, 1.807) is 0 Å². The Morgan fingerprint density at radius 1 is 0.291 bits per heavy atom. The van der Waals surface area contributed by atoms with E-state index in [1.807, 2.05) is 24.3 Å². The van der Waals surface area contributed by atoms with Crippen LogP contribution in [0.15, 0.2) is 209 Å². The van der Waals surface area contributed by atoms with Crippen molar-refractivity contribution in [2.75, 3.05) is 4.90 Å². The normalized spacial score (nSPS) is 11.6. The summed E-state index contributed by atoms with van der Waals surface area (Å²) in [5, 5.41) is 6.92. The van der Waals surface area contributed by atoms with Crippen molar-refractivity contribution < 1.29 is 8.83 Å². The smallest absolute Gasteiger partial charge is 0.136 e. The third kappa shape index (κ3) is 5.36. The molecule has 11 aromatic rings. The second kappa shape index (κ2) is 12.6. The highest BCUT2D eigenvalue weighted by molar-refractivity contribution is 6.08. The SMILES string of the molecule is c1cc(-c2ccc(N(c3ccc4oc5ccccc5c4c3)c3ccccc3-c3ccc4c(c3)oc3ccccc34)cc2)cc(-c2ccc3ccccc3c2)c1. The molecule has 3 nitrogen and oxygen atoms in total. The zero-order chi connectivity index (χ0) is 36.3. The first kappa shape index (κ1) is 31.2. The first-order chi connectivity index (χ1) is 27.2. The molecule has 0 saturated heterocycles. The van der Waals surface area contributed by atoms with Gasteiger partial charge in [-0.05, 0) is 111 Å². The highest BCUT2D eigenvalue weighted by Crippen LogP contribution is 2.44. The van der Waals surface area contributed by atoms with Gasteiger partial charge in [0.15, 0.2) is 0 Å². The summed E-state index contributed by atoms with van der Waals surface area (Å²) in [5.41, 5.74) is 13.6. The summed E-state index contributed by atoms with van der Waals surface area (Å²) in [5.74, 6) is 0. The molecule has 0 N–H and O–H groups in total. The van der Waals surface area contributed by atoms with Gasteiger partial charge in [0.2, 0.25) is 0 Å². The Morgan fingerprint density at radius 2 is 0.873 bits per heavy atom. The van der Waals surface area contributed by atoms with Gasteiger partial charge in [-0.3, -0.25) is 0 Å². The average Bonchev–Trinajstić information content (AvgIpc) is 3.82. The van der Waals surface area contributed by atoms with Crippen LogP contribution >= 0.6 is 0 Å². The molecule has 0 spiro atoms. The van der Waals surface area contributed by atoms with E-state index >= 15 is 0 Å². The molecule has 3 heteroatoms. The number of benzene rings is 9. The Labute approximate surface area is 317 Å². The summed E-state index contributed by atoms with van der Waals surface area (Å²) in [6.07, 6.45) is 0. The third-order valence-corrected chi connectivity index (χ3v) is 10.9. The Bertz CT molecular complexity index is 3220. The van der Waals surface area contributed by atoms with Crippen LogP contribution in [-0.2, 0) is 0 Å². The monoisotopic (exact) mass is 703 g/mol. The van der Waals surface area contributed by atoms with Crippen molar-refractivity contribution in [2.24, 2.45) is 0 Å². The lowest BCUT2D eigenvalue weighted by atomic mass is 9.97. The molecule has 0 aliphatic rings. The molecule has 258 valence electrons. The van der Waals surface area contributed by atoms with Gasteiger partial charge in [-0.1, -0.05) is 127 Å². The molecule has 0 saturated carbocycles. The topological polar surface area (TPSA) is 29.5 Å². The van der Waals surface area contributed by atoms with Crippen LogP contribution in [0.1, 0.15) is 0 Å². The lowest BCUT2D eigenvalue weighted by Crippen LogP contribution is -2.11. The van der Waals surface area contributed by atoms with Crippen LogP contribution in [0.2, 0.25) is 0 Å². The molecule has 0 radical (unpaired) electrons. The fourth-order valence-corrected chi connectivity index (χ4v) is 8.14. The van der Waals surface area contributed by atoms with Gasteiger partial charge < -0.3 is 13.7 Å². The van der Waals surface area contributed by atoms with Crippen molar-refractivity contribution in [3.8, 4) is 33.4 Å². The molecule has 0 aliphatic carbocycles. The Hall–Kier alpha value is -7.36. The van der Waals surface area contributed by atoms with Crippen molar-refractivity contribution in [3.05, 3.63) is 200 Å². The molecule has 0 unspecified atom stereocenters. The molecule has 2 heterocycles. The number of para-hydroxylation sites is 3. The largest absolute Gasteiger partial charge is 0.456 e. The van der Waals surface area contributed by atoms with Crippen molar-refractivity contribution in [2.45, 2.75) is 0 Å². The van der Waals surface area contributed by atoms with Gasteiger partial charge in [0.25, 0.3) is 0 Å². The number of rotatable bonds is 6. The summed E-state index contributed by atoms with van der Waals surface area (Å²) in [6, 6.07) is 71.1. The van der Waals surface area contributed by atoms with E-state index < -0.39 is 0 Å². The van der Waals surface area contributed by atoms with Crippen molar-refractivity contribution in [1.29, 1.82) is 0 Å². The van der Waals surface area contributed by atoms with Crippen LogP contribution < -0.4 is 4.90 Å². The third-order valence-electron chi connectivity index (χ3n) is 10.9. The van der Waals surface area contributed by atoms with Crippen molar-refractivity contribution in [3.63, 3.8) is 0 Å². The maximum Gasteiger partial charge on any atom is 0.136 e. The van der Waals surface area contributed by atoms with Gasteiger partial charge >= 0.3 is 0 Å². The first-order valence-corrected chi connectivity index (χ1v) is 18.7. The second-order valence-electron chi connectivity index (χ2n) is 14.1. The van der Waals surface area contributed by atoms with E-state index in [4.69, 9.17) is 8.83 Å². The van der Waals surface area contributed by atoms with E-state index in [2.05, 4.69) is 181 Å². The molecular formula is C52H33NO2. The Kier molecular flexibility index (Phi) is 7.17. The number of hydrogen-bond donors (Lipinski definition) is 0. The molecule has 0 amide bonds. The van der Waals surface area contributed by atoms with E-state index in [0.29, 0.717) is 0 Å². The summed E-state index contributed by atoms with van der Waals surface area (Å²) in [6.45, 7) is 0. The lowest BCUT2D eigenvalue weighted by molar-refractivity contribution is 0.668. The maximum atomic E-state index is 6.35. The highest BCUT2D eigenvalue weighted by atomic mass is 16.3. The number of fused-ring (bicyclic) bond motifs is 7. The van der Waals surface area contributed by atoms with Gasteiger partial charge in [0.05, 0.1) is 5.69 Å². The van der Waals surface area contributed by atoms with Gasteiger partial charge in [-0.2, -0.15) is 0 Å². The van der Waals surface area contributed by atoms with Gasteiger partial charge in [0, 0.05) is 38.5 Å². The fourth-order valence-electron chi connectivity index (χ4n) is 8.14. The predicted molar refractivity (Wildman–Crippen MR) is 229 cm³/mol. The number of nitrogens with zero attached hydrogens (tertiary/aromatic N) is 1. The standard InChI is InChI=1S/C52H33NO2/c1-2-11-36-31-39(21-20-34(36)10-1)38-13-9-12-37(30-38)35-22-25-41(26-23-35)53(42-27-29-51-47(33-42)45-16-5-8-19-50(45)54-51)48-17-6-3-14-43(48)40-24-28-46-44-15-4-7-18-49(44)55-52(46)32-40/h1-33H. The highest BCUT2D eigenvalue weighted by Gasteiger charge is 2.20. The van der Waals surface area contributed by atoms with Crippen LogP contribution in [0.4, 0.5) is 17.1 Å². The zero-order valence-corrected chi connectivity index (χ0v) is 29.8. The number of anilines is 3. The molecule has 0 atom stereocenters. The van der Waals surface area contributed by atoms with E-state index in [1.165, 1.54) is 27.5 Å². The van der Waals surface area contributed by atoms with Gasteiger partial charge in [-0.15, -0.1) is 0 Å². The summed E-state index contributed by atoms with van der Waals surface area (Å²) < 4.78 is 12.6. The Balaban J connectivity index is 1.04. The van der Waals surface area contributed by atoms with Crippen LogP contribution in [0.3, 0.4) is 0 Å². The maximum absolute atomic E-state index is 6.35. The second-order valence-corrected chi connectivity index (χ2v) is 14.1. The predicted octanol–water partition coefficient (Wildman–Crippen LogP) is 15.1. The van der Waals surface area contributed by atoms with E-state index in [-0.39, 0.29) is 0 Å². The Morgan fingerprint density at radius 3 is 1.71 bits per heavy atom. The summed E-state index contributed by atoms with van der Waals surface area (Å²) >= 11 is 0. The molecule has 11 rings (SSSR count). The fraction of sp³-hybridized carbons (Fsp3) is 0. The van der Waals surface area contributed by atoms with Crippen LogP contribution in [0, 0.1) is 0 Å². The molecule has 0 fully saturated rings. The average molecular weight is 704 g/mol. The molecule has 55 heavy (non-hydrogen) atoms. The van der Waals surface area contributed by atoms with Crippen molar-refractivity contribution >= 4 is 71.7 Å². The van der Waals surface area contributed by atoms with Crippen LogP contribution in [0.5, 0.6) is 0 Å². The minimum Gasteiger partial charge on any atom is -0.456 e. The molecule has 9 aromatic carbocycles. The van der Waals surface area contributed by atoms with Gasteiger partial charge in [0.1, 0.15) is 22.3 Å². The minimum atomic E-state index is 0.871. The molecule has 0 aliphatic heterocycles. The van der Waals surface area contributed by atoms with Crippen LogP contribution in [-0.4, -0.2) is 0 Å². The van der Waals surface area contributed by atoms with Crippen LogP contribution in [0.25, 0.3) is 88.0 Å². The number of furan rings is 2. The van der Waals surface area contributed by atoms with Crippen molar-refractivity contribution in [1.82, 2.24) is 0 Å². The molecular weight excluding hydrogens is 671 g/mol. The summed E-state index contributed by atoms with van der Waals surface area (Å²) in [7, 11) is 0.